The highest BCUT2D eigenvalue weighted by atomic mass is 14.3. The fourth-order valence-electron chi connectivity index (χ4n) is 5.17. The lowest BCUT2D eigenvalue weighted by atomic mass is 9.78. The molecule has 0 bridgehead atoms. The minimum atomic E-state index is 0.453. The molecule has 0 spiro atoms. The van der Waals surface area contributed by atoms with E-state index < -0.39 is 0 Å². The molecule has 0 unspecified atom stereocenters. The Hall–Kier alpha value is -2.51. The van der Waals surface area contributed by atoms with Gasteiger partial charge in [-0.2, -0.15) is 5.26 Å². The fraction of sp³-hybridized carbons (Fsp3) is 0.545. The molecule has 0 amide bonds. The fourth-order valence-corrected chi connectivity index (χ4v) is 5.17. The highest BCUT2D eigenvalue weighted by Gasteiger charge is 2.21. The Morgan fingerprint density at radius 2 is 1.32 bits per heavy atom. The van der Waals surface area contributed by atoms with E-state index in [2.05, 4.69) is 74.2 Å². The maximum atomic E-state index is 9.64. The van der Waals surface area contributed by atoms with Crippen LogP contribution >= 0.6 is 0 Å². The molecule has 3 rings (SSSR count). The highest BCUT2D eigenvalue weighted by Crippen LogP contribution is 2.35. The van der Waals surface area contributed by atoms with Gasteiger partial charge in [0.1, 0.15) is 6.07 Å². The molecule has 1 aliphatic carbocycles. The van der Waals surface area contributed by atoms with E-state index in [0.717, 1.165) is 30.4 Å². The van der Waals surface area contributed by atoms with Crippen molar-refractivity contribution in [1.29, 1.82) is 5.26 Å². The topological polar surface area (TPSA) is 23.8 Å². The zero-order chi connectivity index (χ0) is 24.0. The molecule has 0 N–H and O–H groups in total. The van der Waals surface area contributed by atoms with Crippen LogP contribution in [0.3, 0.4) is 0 Å². The first-order chi connectivity index (χ1) is 16.7. The lowest BCUT2D eigenvalue weighted by molar-refractivity contribution is 0.384. The van der Waals surface area contributed by atoms with Crippen molar-refractivity contribution in [2.45, 2.75) is 110 Å². The van der Waals surface area contributed by atoms with Gasteiger partial charge in [0.05, 0.1) is 5.56 Å². The molecular formula is C33H43N. The van der Waals surface area contributed by atoms with Gasteiger partial charge >= 0.3 is 0 Å². The molecule has 180 valence electrons. The number of hydrogen-bond acceptors (Lipinski definition) is 1. The number of nitriles is 1. The summed E-state index contributed by atoms with van der Waals surface area (Å²) in [4.78, 5) is 0. The van der Waals surface area contributed by atoms with Gasteiger partial charge in [-0.25, -0.2) is 0 Å². The van der Waals surface area contributed by atoms with Crippen LogP contribution in [0.25, 0.3) is 0 Å². The number of rotatable bonds is 11. The number of unbranched alkanes of at least 4 members (excludes halogenated alkanes) is 6. The van der Waals surface area contributed by atoms with Crippen LogP contribution in [0.1, 0.15) is 125 Å². The zero-order valence-electron chi connectivity index (χ0n) is 21.5. The third-order valence-corrected chi connectivity index (χ3v) is 7.43. The van der Waals surface area contributed by atoms with Crippen molar-refractivity contribution < 1.29 is 0 Å². The molecule has 0 heterocycles. The molecule has 1 heteroatoms. The molecule has 1 nitrogen and oxygen atoms in total. The summed E-state index contributed by atoms with van der Waals surface area (Å²) in [6.07, 6.45) is 17.4. The summed E-state index contributed by atoms with van der Waals surface area (Å²) < 4.78 is 0. The normalized spacial score (nSPS) is 17.6. The van der Waals surface area contributed by atoms with Crippen LogP contribution in [-0.2, 0) is 12.8 Å². The Balaban J connectivity index is 1.49. The predicted molar refractivity (Wildman–Crippen MR) is 145 cm³/mol. The van der Waals surface area contributed by atoms with Crippen LogP contribution in [0.4, 0.5) is 0 Å². The second kappa shape index (κ2) is 14.7. The SMILES string of the molecule is CCCCCCCc1ccc(C#C[C@H]2CC[C@H](c3ccc(CCCCC)cc3)CC2)c(C#N)c1. The zero-order valence-corrected chi connectivity index (χ0v) is 21.5. The van der Waals surface area contributed by atoms with E-state index in [0.29, 0.717) is 11.8 Å². The van der Waals surface area contributed by atoms with Gasteiger partial charge in [-0.15, -0.1) is 0 Å². The van der Waals surface area contributed by atoms with Crippen LogP contribution in [0.15, 0.2) is 42.5 Å². The standard InChI is InChI=1S/C33H43N/c1-3-5-7-8-10-12-29-18-24-32(33(25-29)26-34)23-17-28-15-21-31(22-16-28)30-19-13-27(14-20-30)11-9-6-4-2/h13-14,18-20,24-25,28,31H,3-12,15-16,21-22H2,1-2H3/t28-,31-. The van der Waals surface area contributed by atoms with E-state index >= 15 is 0 Å². The minimum absolute atomic E-state index is 0.453. The van der Waals surface area contributed by atoms with Crippen LogP contribution in [0.5, 0.6) is 0 Å². The monoisotopic (exact) mass is 453 g/mol. The lowest BCUT2D eigenvalue weighted by Crippen LogP contribution is -2.12. The molecule has 2 aromatic carbocycles. The summed E-state index contributed by atoms with van der Waals surface area (Å²) >= 11 is 0. The smallest absolute Gasteiger partial charge is 0.100 e. The first-order valence-electron chi connectivity index (χ1n) is 13.9. The summed E-state index contributed by atoms with van der Waals surface area (Å²) in [6, 6.07) is 18.1. The van der Waals surface area contributed by atoms with Gasteiger partial charge in [-0.05, 0) is 86.1 Å². The number of aryl methyl sites for hydroxylation is 2. The van der Waals surface area contributed by atoms with E-state index in [-0.39, 0.29) is 0 Å². The molecule has 0 aromatic heterocycles. The second-order valence-corrected chi connectivity index (χ2v) is 10.2. The maximum absolute atomic E-state index is 9.64. The number of benzene rings is 2. The Bertz CT molecular complexity index is 958. The van der Waals surface area contributed by atoms with Crippen LogP contribution in [-0.4, -0.2) is 0 Å². The van der Waals surface area contributed by atoms with E-state index in [4.69, 9.17) is 0 Å². The van der Waals surface area contributed by atoms with Crippen molar-refractivity contribution in [2.75, 3.05) is 0 Å². The Labute approximate surface area is 209 Å². The molecule has 0 radical (unpaired) electrons. The quantitative estimate of drug-likeness (QED) is 0.246. The first-order valence-corrected chi connectivity index (χ1v) is 13.9. The first kappa shape index (κ1) is 26.1. The van der Waals surface area contributed by atoms with Crippen LogP contribution in [0.2, 0.25) is 0 Å². The summed E-state index contributed by atoms with van der Waals surface area (Å²) in [5, 5.41) is 9.64. The van der Waals surface area contributed by atoms with E-state index in [1.807, 2.05) is 0 Å². The van der Waals surface area contributed by atoms with Crippen molar-refractivity contribution in [1.82, 2.24) is 0 Å². The van der Waals surface area contributed by atoms with Crippen molar-refractivity contribution >= 4 is 0 Å². The van der Waals surface area contributed by atoms with Crippen molar-refractivity contribution in [3.63, 3.8) is 0 Å². The molecule has 0 saturated heterocycles. The van der Waals surface area contributed by atoms with Crippen LogP contribution < -0.4 is 0 Å². The third-order valence-electron chi connectivity index (χ3n) is 7.43. The summed E-state index contributed by atoms with van der Waals surface area (Å²) in [6.45, 7) is 4.51. The maximum Gasteiger partial charge on any atom is 0.100 e. The molecule has 2 aromatic rings. The van der Waals surface area contributed by atoms with Gasteiger partial charge < -0.3 is 0 Å². The molecule has 1 saturated carbocycles. The summed E-state index contributed by atoms with van der Waals surface area (Å²) in [5.74, 6) is 7.99. The van der Waals surface area contributed by atoms with E-state index in [1.165, 1.54) is 87.3 Å². The van der Waals surface area contributed by atoms with Gasteiger partial charge in [-0.1, -0.05) is 94.5 Å². The third kappa shape index (κ3) is 8.37. The van der Waals surface area contributed by atoms with Crippen molar-refractivity contribution in [2.24, 2.45) is 5.92 Å². The molecular weight excluding hydrogens is 410 g/mol. The lowest BCUT2D eigenvalue weighted by Gasteiger charge is -2.26. The van der Waals surface area contributed by atoms with Crippen molar-refractivity contribution in [3.05, 3.63) is 70.3 Å². The largest absolute Gasteiger partial charge is 0.192 e. The summed E-state index contributed by atoms with van der Waals surface area (Å²) in [7, 11) is 0. The van der Waals surface area contributed by atoms with Gasteiger partial charge in [0.15, 0.2) is 0 Å². The Morgan fingerprint density at radius 1 is 0.706 bits per heavy atom. The molecule has 0 aliphatic heterocycles. The summed E-state index contributed by atoms with van der Waals surface area (Å²) in [5.41, 5.74) is 5.90. The van der Waals surface area contributed by atoms with Gasteiger partial charge in [0.2, 0.25) is 0 Å². The number of nitrogens with zero attached hydrogens (tertiary/aromatic N) is 1. The van der Waals surface area contributed by atoms with Crippen molar-refractivity contribution in [3.8, 4) is 17.9 Å². The minimum Gasteiger partial charge on any atom is -0.192 e. The Kier molecular flexibility index (Phi) is 11.3. The Morgan fingerprint density at radius 3 is 2.03 bits per heavy atom. The van der Waals surface area contributed by atoms with Gasteiger partial charge in [-0.3, -0.25) is 0 Å². The average Bonchev–Trinajstić information content (AvgIpc) is 2.88. The molecule has 34 heavy (non-hydrogen) atoms. The van der Waals surface area contributed by atoms with Crippen LogP contribution in [0, 0.1) is 29.1 Å². The molecule has 1 fully saturated rings. The predicted octanol–water partition coefficient (Wildman–Crippen LogP) is 9.13. The van der Waals surface area contributed by atoms with E-state index in [9.17, 15) is 5.26 Å². The average molecular weight is 454 g/mol. The van der Waals surface area contributed by atoms with E-state index in [1.54, 1.807) is 0 Å². The molecule has 0 atom stereocenters. The molecule has 1 aliphatic rings. The highest BCUT2D eigenvalue weighted by molar-refractivity contribution is 5.50. The van der Waals surface area contributed by atoms with Gasteiger partial charge in [0, 0.05) is 11.5 Å². The second-order valence-electron chi connectivity index (χ2n) is 10.2. The number of hydrogen-bond donors (Lipinski definition) is 0. The van der Waals surface area contributed by atoms with Gasteiger partial charge in [0.25, 0.3) is 0 Å².